The quantitative estimate of drug-likeness (QED) is 0.826. The summed E-state index contributed by atoms with van der Waals surface area (Å²) in [4.78, 5) is 0. The van der Waals surface area contributed by atoms with Crippen molar-refractivity contribution in [3.05, 3.63) is 35.4 Å². The molecule has 0 heterocycles. The number of hydrogen-bond donors (Lipinski definition) is 2. The highest BCUT2D eigenvalue weighted by Gasteiger charge is 2.23. The van der Waals surface area contributed by atoms with Crippen LogP contribution in [0.15, 0.2) is 18.2 Å². The molecular formula is C12H16F2N2. The minimum atomic E-state index is -0.543. The van der Waals surface area contributed by atoms with Crippen LogP contribution >= 0.6 is 0 Å². The lowest BCUT2D eigenvalue weighted by Gasteiger charge is -2.17. The number of halogens is 2. The fraction of sp³-hybridized carbons (Fsp3) is 0.500. The summed E-state index contributed by atoms with van der Waals surface area (Å²) in [5, 5.41) is 3.22. The van der Waals surface area contributed by atoms with Gasteiger partial charge in [-0.2, -0.15) is 0 Å². The first kappa shape index (κ1) is 11.5. The molecule has 1 aromatic rings. The number of nitrogens with two attached hydrogens (primary N) is 1. The van der Waals surface area contributed by atoms with Crippen LogP contribution in [0.1, 0.15) is 24.8 Å². The molecule has 2 rings (SSSR count). The van der Waals surface area contributed by atoms with Crippen molar-refractivity contribution in [2.45, 2.75) is 37.9 Å². The van der Waals surface area contributed by atoms with Gasteiger partial charge in [-0.3, -0.25) is 0 Å². The highest BCUT2D eigenvalue weighted by Crippen LogP contribution is 2.18. The highest BCUT2D eigenvalue weighted by molar-refractivity contribution is 5.18. The Kier molecular flexibility index (Phi) is 3.51. The predicted octanol–water partition coefficient (Wildman–Crippen LogP) is 1.93. The van der Waals surface area contributed by atoms with Gasteiger partial charge >= 0.3 is 0 Å². The van der Waals surface area contributed by atoms with Crippen molar-refractivity contribution in [3.8, 4) is 0 Å². The molecule has 1 aliphatic carbocycles. The molecule has 0 amide bonds. The molecular weight excluding hydrogens is 210 g/mol. The maximum atomic E-state index is 13.3. The molecule has 0 saturated heterocycles. The van der Waals surface area contributed by atoms with E-state index in [0.29, 0.717) is 12.1 Å². The van der Waals surface area contributed by atoms with Crippen molar-refractivity contribution in [1.82, 2.24) is 5.32 Å². The molecule has 2 unspecified atom stereocenters. The van der Waals surface area contributed by atoms with Crippen LogP contribution in [-0.2, 0) is 6.54 Å². The van der Waals surface area contributed by atoms with Gasteiger partial charge in [-0.15, -0.1) is 0 Å². The van der Waals surface area contributed by atoms with Gasteiger partial charge in [0.25, 0.3) is 0 Å². The second-order valence-electron chi connectivity index (χ2n) is 4.32. The topological polar surface area (TPSA) is 38.0 Å². The van der Waals surface area contributed by atoms with Gasteiger partial charge in [-0.05, 0) is 18.9 Å². The molecule has 0 radical (unpaired) electrons. The summed E-state index contributed by atoms with van der Waals surface area (Å²) >= 11 is 0. The molecule has 0 aromatic heterocycles. The van der Waals surface area contributed by atoms with E-state index in [0.717, 1.165) is 25.3 Å². The Bertz CT molecular complexity index is 368. The van der Waals surface area contributed by atoms with Gasteiger partial charge in [0.2, 0.25) is 0 Å². The lowest BCUT2D eigenvalue weighted by molar-refractivity contribution is 0.466. The predicted molar refractivity (Wildman–Crippen MR) is 58.8 cm³/mol. The maximum absolute atomic E-state index is 13.3. The van der Waals surface area contributed by atoms with Crippen molar-refractivity contribution in [2.75, 3.05) is 0 Å². The molecule has 16 heavy (non-hydrogen) atoms. The normalized spacial score (nSPS) is 24.9. The smallest absolute Gasteiger partial charge is 0.130 e. The largest absolute Gasteiger partial charge is 0.326 e. The summed E-state index contributed by atoms with van der Waals surface area (Å²) < 4.78 is 26.0. The van der Waals surface area contributed by atoms with Gasteiger partial charge in [0.15, 0.2) is 0 Å². The Morgan fingerprint density at radius 2 is 2.12 bits per heavy atom. The summed E-state index contributed by atoms with van der Waals surface area (Å²) in [5.41, 5.74) is 6.38. The highest BCUT2D eigenvalue weighted by atomic mass is 19.1. The summed E-state index contributed by atoms with van der Waals surface area (Å²) in [6.45, 7) is 0.407. The van der Waals surface area contributed by atoms with Crippen LogP contribution in [-0.4, -0.2) is 12.1 Å². The zero-order chi connectivity index (χ0) is 11.5. The fourth-order valence-corrected chi connectivity index (χ4v) is 2.15. The van der Waals surface area contributed by atoms with Crippen LogP contribution in [0.2, 0.25) is 0 Å². The van der Waals surface area contributed by atoms with E-state index in [4.69, 9.17) is 5.73 Å². The Labute approximate surface area is 93.8 Å². The van der Waals surface area contributed by atoms with Gasteiger partial charge in [0.1, 0.15) is 11.6 Å². The summed E-state index contributed by atoms with van der Waals surface area (Å²) in [6, 6.07) is 4.06. The number of hydrogen-bond acceptors (Lipinski definition) is 2. The lowest BCUT2D eigenvalue weighted by Crippen LogP contribution is -2.40. The van der Waals surface area contributed by atoms with Crippen LogP contribution in [0.25, 0.3) is 0 Å². The van der Waals surface area contributed by atoms with E-state index >= 15 is 0 Å². The van der Waals surface area contributed by atoms with Crippen molar-refractivity contribution in [1.29, 1.82) is 0 Å². The Morgan fingerprint density at radius 1 is 1.31 bits per heavy atom. The average Bonchev–Trinajstić information content (AvgIpc) is 2.63. The van der Waals surface area contributed by atoms with Gasteiger partial charge in [0, 0.05) is 30.3 Å². The zero-order valence-corrected chi connectivity index (χ0v) is 9.05. The minimum absolute atomic E-state index is 0.156. The lowest BCUT2D eigenvalue weighted by atomic mass is 10.1. The van der Waals surface area contributed by atoms with E-state index in [9.17, 15) is 8.78 Å². The molecule has 2 nitrogen and oxygen atoms in total. The molecule has 1 fully saturated rings. The Hall–Kier alpha value is -1.00. The molecule has 0 bridgehead atoms. The second-order valence-corrected chi connectivity index (χ2v) is 4.32. The number of benzene rings is 1. The summed E-state index contributed by atoms with van der Waals surface area (Å²) in [5.74, 6) is -1.04. The molecule has 3 N–H and O–H groups in total. The first-order valence-electron chi connectivity index (χ1n) is 5.59. The average molecular weight is 226 g/mol. The van der Waals surface area contributed by atoms with Crippen molar-refractivity contribution >= 4 is 0 Å². The molecule has 4 heteroatoms. The van der Waals surface area contributed by atoms with Crippen LogP contribution < -0.4 is 11.1 Å². The van der Waals surface area contributed by atoms with E-state index < -0.39 is 11.6 Å². The SMILES string of the molecule is NC1CCCC1NCc1ccc(F)cc1F. The van der Waals surface area contributed by atoms with E-state index in [1.54, 1.807) is 0 Å². The third-order valence-corrected chi connectivity index (χ3v) is 3.14. The molecule has 2 atom stereocenters. The summed E-state index contributed by atoms with van der Waals surface area (Å²) in [7, 11) is 0. The summed E-state index contributed by atoms with van der Waals surface area (Å²) in [6.07, 6.45) is 3.16. The number of nitrogens with one attached hydrogen (secondary N) is 1. The molecule has 88 valence electrons. The van der Waals surface area contributed by atoms with E-state index in [2.05, 4.69) is 5.32 Å². The third kappa shape index (κ3) is 2.57. The third-order valence-electron chi connectivity index (χ3n) is 3.14. The maximum Gasteiger partial charge on any atom is 0.130 e. The van der Waals surface area contributed by atoms with Gasteiger partial charge in [0.05, 0.1) is 0 Å². The Morgan fingerprint density at radius 3 is 2.75 bits per heavy atom. The minimum Gasteiger partial charge on any atom is -0.326 e. The monoisotopic (exact) mass is 226 g/mol. The van der Waals surface area contributed by atoms with E-state index in [1.165, 1.54) is 12.1 Å². The number of rotatable bonds is 3. The van der Waals surface area contributed by atoms with E-state index in [1.807, 2.05) is 0 Å². The second kappa shape index (κ2) is 4.89. The van der Waals surface area contributed by atoms with Crippen LogP contribution in [0.3, 0.4) is 0 Å². The van der Waals surface area contributed by atoms with Crippen LogP contribution in [0, 0.1) is 11.6 Å². The van der Waals surface area contributed by atoms with Crippen molar-refractivity contribution < 1.29 is 8.78 Å². The molecule has 1 aromatic carbocycles. The fourth-order valence-electron chi connectivity index (χ4n) is 2.15. The van der Waals surface area contributed by atoms with Crippen LogP contribution in [0.4, 0.5) is 8.78 Å². The molecule has 1 aliphatic rings. The van der Waals surface area contributed by atoms with Crippen LogP contribution in [0.5, 0.6) is 0 Å². The van der Waals surface area contributed by atoms with Gasteiger partial charge in [-0.1, -0.05) is 12.5 Å². The first-order valence-corrected chi connectivity index (χ1v) is 5.59. The molecule has 1 saturated carbocycles. The van der Waals surface area contributed by atoms with Crippen molar-refractivity contribution in [3.63, 3.8) is 0 Å². The molecule has 0 spiro atoms. The first-order chi connectivity index (χ1) is 7.66. The zero-order valence-electron chi connectivity index (χ0n) is 9.05. The molecule has 0 aliphatic heterocycles. The van der Waals surface area contributed by atoms with Crippen molar-refractivity contribution in [2.24, 2.45) is 5.73 Å². The van der Waals surface area contributed by atoms with E-state index in [-0.39, 0.29) is 12.1 Å². The Balaban J connectivity index is 1.94. The standard InChI is InChI=1S/C12H16F2N2/c13-9-5-4-8(10(14)6-9)7-16-12-3-1-2-11(12)15/h4-6,11-12,16H,1-3,7,15H2. The van der Waals surface area contributed by atoms with Gasteiger partial charge < -0.3 is 11.1 Å². The van der Waals surface area contributed by atoms with Gasteiger partial charge in [-0.25, -0.2) is 8.78 Å².